The minimum Gasteiger partial charge on any atom is -0.508 e. The maximum Gasteiger partial charge on any atom is 0.248 e. The van der Waals surface area contributed by atoms with E-state index in [0.717, 1.165) is 111 Å². The number of ether oxygens (including phenoxy) is 9. The van der Waals surface area contributed by atoms with Crippen molar-refractivity contribution < 1.29 is 157 Å². The topological polar surface area (TPSA) is 657 Å². The summed E-state index contributed by atoms with van der Waals surface area (Å²) >= 11 is 14.9. The molecule has 138 heavy (non-hydrogen) atoms. The second-order valence-corrected chi connectivity index (χ2v) is 36.1. The minimum atomic E-state index is -2.52. The molecule has 0 unspecified atom stereocenters. The van der Waals surface area contributed by atoms with Gasteiger partial charge in [-0.05, 0) is 157 Å². The van der Waals surface area contributed by atoms with Crippen molar-refractivity contribution in [2.24, 2.45) is 11.7 Å². The highest BCUT2D eigenvalue weighted by Gasteiger charge is 2.52. The normalized spacial score (nSPS) is 28.2. The van der Waals surface area contributed by atoms with Gasteiger partial charge in [-0.15, -0.1) is 0 Å². The standard InChI is InChI=1S/C93H109Cl2N11O32/c1-38(2)11-8-6-7-9-12-65(115)100-73-79(120)76(117)63(36-108)135-92(73)138-83-60-30-45-31-61(83)132-57-20-16-43(28-52(57)95)82(137-91-72(98-39(3)110)78(119)75(116)62(35-107)134-91)74-90(129)104-71(86(125)97-21-10-22-106(4)5)50-33-47(112)34-59(133-93-81(122)80(121)77(118)64(37-109)136-93)66(50)49-27-42(15-17-54(49)113)68(87(126)105-74)102-89(128)70(45)103-88(127)69-44-25-46(111)32-48(26-44)130-58-29-41(14-18-55(58)114)67(96)85(124)99-53(84(123)101-69)24-40-13-19-56(131-60)51(94)23-40/h13-20,23,25-34,38,53,62-64,67-82,91-93,107-109,111-114,116-122H,6-12,21-22,24,35-37,96H2,1-5H3,(H,97,125)(H,98,110)(H,99,124)(H,100,115)(H,101,123)(H,102,128)(H,103,127)(H,104,129)(H,105,126)/t53-,62-,63-,64-,67-,68-,69+,70-,71+,72-,73-,74+,75-,76-,77-,78-,79-,80+,81+,82-,91+,92+,93+/m1/s1. The van der Waals surface area contributed by atoms with Crippen LogP contribution in [0, 0.1) is 5.92 Å². The SMILES string of the molecule is CC(=O)N[C@H]1[C@H](O[C@@H]2c3ccc(c(Cl)c3)Oc3cc4cc(c3O[C@@H]3O[C@H](CO)[C@@H](O)[C@H](O)[C@H]3NC(=O)CCCCCCC(C)C)Oc3ccc(cc3Cl)C[C@H]3NC(=O)[C@H](N)c5ccc(O)c(c5)Oc5cc(O)cc(c5)[C@H](NC3=O)C(=O)N[C@H]4C(=O)N[C@H]3C(=O)N[C@@H]2C(=O)N[C@H](C(=O)NCCCN(C)C)c2cc(O)cc(O[C@H]4O[C@H](CO)[C@@H](O)[C@H](O)[C@@H]4O)c2-c2cc3ccc2O)O[C@H](CO)[C@@H](O)[C@@H]1O. The number of hydrogen-bond acceptors (Lipinski definition) is 34. The Morgan fingerprint density at radius 1 is 0.514 bits per heavy atom. The lowest BCUT2D eigenvalue weighted by Crippen LogP contribution is -2.65. The minimum absolute atomic E-state index is 0.0334. The van der Waals surface area contributed by atoms with Crippen LogP contribution in [-0.2, 0) is 68.5 Å². The first-order chi connectivity index (χ1) is 65.8. The van der Waals surface area contributed by atoms with Crippen LogP contribution in [0.5, 0.6) is 69.0 Å². The number of aromatic hydroxyl groups is 4. The molecule has 7 aromatic carbocycles. The molecular weight excluding hydrogens is 1850 g/mol. The summed E-state index contributed by atoms with van der Waals surface area (Å²) in [4.78, 5) is 143. The summed E-state index contributed by atoms with van der Waals surface area (Å²) in [6.45, 7) is 2.23. The average molecular weight is 1960 g/mol. The highest BCUT2D eigenvalue weighted by molar-refractivity contribution is 6.32. The number of phenols is 4. The van der Waals surface area contributed by atoms with Gasteiger partial charge in [-0.25, -0.2) is 0 Å². The van der Waals surface area contributed by atoms with Crippen LogP contribution in [0.2, 0.25) is 10.0 Å². The van der Waals surface area contributed by atoms with Crippen LogP contribution >= 0.6 is 23.2 Å². The predicted molar refractivity (Wildman–Crippen MR) is 482 cm³/mol. The van der Waals surface area contributed by atoms with Crippen LogP contribution in [0.15, 0.2) is 115 Å². The van der Waals surface area contributed by atoms with E-state index < -0.39 is 304 Å². The van der Waals surface area contributed by atoms with Gasteiger partial charge in [-0.3, -0.25) is 43.2 Å². The molecule has 3 saturated heterocycles. The molecule has 9 aliphatic heterocycles. The molecule has 45 heteroatoms. The summed E-state index contributed by atoms with van der Waals surface area (Å²) in [5.41, 5.74) is 3.43. The van der Waals surface area contributed by atoms with Gasteiger partial charge in [0, 0.05) is 49.6 Å². The largest absolute Gasteiger partial charge is 0.508 e. The molecule has 23 atom stereocenters. The molecule has 3 fully saturated rings. The number of phenolic OH excluding ortho intramolecular Hbond substituents is 4. The number of unbranched alkanes of at least 4 members (excludes halogenated alkanes) is 3. The summed E-state index contributed by atoms with van der Waals surface area (Å²) in [6, 6.07) is 1.95. The van der Waals surface area contributed by atoms with Gasteiger partial charge in [0.25, 0.3) is 0 Å². The second kappa shape index (κ2) is 43.9. The van der Waals surface area contributed by atoms with Gasteiger partial charge in [0.1, 0.15) is 162 Å². The molecular formula is C93H109Cl2N11O32. The summed E-state index contributed by atoms with van der Waals surface area (Å²) in [5.74, 6) is -17.6. The van der Waals surface area contributed by atoms with Crippen molar-refractivity contribution in [3.8, 4) is 80.1 Å². The van der Waals surface area contributed by atoms with E-state index in [1.54, 1.807) is 19.0 Å². The molecule has 25 N–H and O–H groups in total. The molecule has 0 aromatic heterocycles. The van der Waals surface area contributed by atoms with Crippen molar-refractivity contribution in [1.29, 1.82) is 0 Å². The number of rotatable bonds is 23. The fourth-order valence-electron chi connectivity index (χ4n) is 17.2. The number of carbonyl (C=O) groups is 9. The third kappa shape index (κ3) is 22.9. The van der Waals surface area contributed by atoms with Crippen molar-refractivity contribution in [2.45, 2.75) is 213 Å². The summed E-state index contributed by atoms with van der Waals surface area (Å²) in [6.07, 6.45) is -25.4. The number of nitrogens with one attached hydrogen (secondary N) is 9. The Hall–Kier alpha value is -12.1. The fourth-order valence-corrected chi connectivity index (χ4v) is 17.7. The van der Waals surface area contributed by atoms with Crippen LogP contribution in [-0.4, -0.2) is 281 Å². The summed E-state index contributed by atoms with van der Waals surface area (Å²) in [5, 5.41) is 184. The number of nitrogens with zero attached hydrogens (tertiary/aromatic N) is 1. The molecule has 0 saturated carbocycles. The third-order valence-corrected chi connectivity index (χ3v) is 25.1. The number of halogens is 2. The van der Waals surface area contributed by atoms with Crippen LogP contribution in [0.25, 0.3) is 11.1 Å². The molecule has 16 rings (SSSR count). The zero-order valence-corrected chi connectivity index (χ0v) is 76.4. The smallest absolute Gasteiger partial charge is 0.248 e. The van der Waals surface area contributed by atoms with Crippen molar-refractivity contribution in [2.75, 3.05) is 47.0 Å². The molecule has 7 aromatic rings. The van der Waals surface area contributed by atoms with Gasteiger partial charge >= 0.3 is 0 Å². The van der Waals surface area contributed by atoms with Crippen LogP contribution < -0.4 is 77.3 Å². The first-order valence-corrected chi connectivity index (χ1v) is 45.3. The van der Waals surface area contributed by atoms with Crippen molar-refractivity contribution >= 4 is 76.4 Å². The Morgan fingerprint density at radius 3 is 1.72 bits per heavy atom. The predicted octanol–water partition coefficient (Wildman–Crippen LogP) is 1.00. The molecule has 9 aliphatic rings. The quantitative estimate of drug-likeness (QED) is 0.0397. The maximum absolute atomic E-state index is 17.2. The molecule has 17 bridgehead atoms. The number of aliphatic hydroxyl groups is 10. The lowest BCUT2D eigenvalue weighted by Gasteiger charge is -2.44. The number of nitrogens with two attached hydrogens (primary N) is 1. The zero-order chi connectivity index (χ0) is 99.3. The lowest BCUT2D eigenvalue weighted by molar-refractivity contribution is -0.284. The van der Waals surface area contributed by atoms with E-state index in [4.69, 9.17) is 71.6 Å². The zero-order valence-electron chi connectivity index (χ0n) is 74.9. The number of amides is 9. The highest BCUT2D eigenvalue weighted by atomic mass is 35.5. The van der Waals surface area contributed by atoms with Crippen LogP contribution in [0.4, 0.5) is 0 Å². The third-order valence-electron chi connectivity index (χ3n) is 24.5. The average Bonchev–Trinajstić information content (AvgIpc) is 0.752. The number of carbonyl (C=O) groups excluding carboxylic acids is 9. The first-order valence-electron chi connectivity index (χ1n) is 44.5. The molecule has 0 spiro atoms. The van der Waals surface area contributed by atoms with Crippen molar-refractivity contribution in [1.82, 2.24) is 52.8 Å². The summed E-state index contributed by atoms with van der Waals surface area (Å²) < 4.78 is 58.2. The van der Waals surface area contributed by atoms with E-state index in [0.29, 0.717) is 25.3 Å². The Bertz CT molecular complexity index is 5710. The van der Waals surface area contributed by atoms with Gasteiger partial charge in [-0.1, -0.05) is 87.0 Å². The van der Waals surface area contributed by atoms with E-state index in [2.05, 4.69) is 61.7 Å². The first kappa shape index (κ1) is 102. The van der Waals surface area contributed by atoms with Gasteiger partial charge in [0.15, 0.2) is 29.3 Å². The summed E-state index contributed by atoms with van der Waals surface area (Å²) in [7, 11) is 3.48. The second-order valence-electron chi connectivity index (χ2n) is 35.3. The highest BCUT2D eigenvalue weighted by Crippen LogP contribution is 2.51. The van der Waals surface area contributed by atoms with Crippen LogP contribution in [0.1, 0.15) is 141 Å². The van der Waals surface area contributed by atoms with Gasteiger partial charge < -0.3 is 173 Å². The molecule has 0 radical (unpaired) electrons. The molecule has 742 valence electrons. The monoisotopic (exact) mass is 1960 g/mol. The van der Waals surface area contributed by atoms with E-state index >= 15 is 28.8 Å². The van der Waals surface area contributed by atoms with E-state index in [-0.39, 0.29) is 63.9 Å². The maximum atomic E-state index is 17.2. The Kier molecular flexibility index (Phi) is 32.4. The van der Waals surface area contributed by atoms with E-state index in [1.165, 1.54) is 30.3 Å². The number of fused-ring (bicyclic) bond motifs is 14. The Labute approximate surface area is 798 Å². The van der Waals surface area contributed by atoms with Crippen molar-refractivity contribution in [3.05, 3.63) is 164 Å². The Morgan fingerprint density at radius 2 is 1.08 bits per heavy atom. The van der Waals surface area contributed by atoms with Gasteiger partial charge in [-0.2, -0.15) is 0 Å². The van der Waals surface area contributed by atoms with E-state index in [9.17, 15) is 85.9 Å². The lowest BCUT2D eigenvalue weighted by atomic mass is 9.89. The molecule has 9 amide bonds. The molecule has 9 heterocycles. The molecule has 43 nitrogen and oxygen atoms in total. The fraction of sp³-hybridized carbons (Fsp3) is 0.452. The molecule has 0 aliphatic carbocycles. The van der Waals surface area contributed by atoms with Gasteiger partial charge in [0.2, 0.25) is 71.5 Å². The van der Waals surface area contributed by atoms with Crippen LogP contribution in [0.3, 0.4) is 0 Å². The Balaban J connectivity index is 1.05. The van der Waals surface area contributed by atoms with E-state index in [1.807, 2.05) is 0 Å². The number of benzene rings is 7. The van der Waals surface area contributed by atoms with Crippen molar-refractivity contribution in [3.63, 3.8) is 0 Å². The number of hydrogen-bond donors (Lipinski definition) is 24. The number of aliphatic hydroxyl groups excluding tert-OH is 10. The van der Waals surface area contributed by atoms with Gasteiger partial charge in [0.05, 0.1) is 29.9 Å².